The van der Waals surface area contributed by atoms with E-state index in [1.165, 1.54) is 12.1 Å². The first-order valence-electron chi connectivity index (χ1n) is 6.53. The molecule has 0 aliphatic heterocycles. The fourth-order valence-corrected chi connectivity index (χ4v) is 1.64. The molecule has 0 saturated carbocycles. The Morgan fingerprint density at radius 1 is 1.27 bits per heavy atom. The second-order valence-corrected chi connectivity index (χ2v) is 4.71. The molecule has 0 bridgehead atoms. The number of carbonyl (C=O) groups excluding carboxylic acids is 2. The molecule has 0 aromatic heterocycles. The van der Waals surface area contributed by atoms with Crippen LogP contribution in [0.1, 0.15) is 23.7 Å². The number of hydrogen-bond acceptors (Lipinski definition) is 4. The smallest absolute Gasteiger partial charge is 0.462 e. The van der Waals surface area contributed by atoms with E-state index in [4.69, 9.17) is 4.74 Å². The second-order valence-electron chi connectivity index (χ2n) is 4.71. The van der Waals surface area contributed by atoms with Crippen LogP contribution in [-0.2, 0) is 9.53 Å². The Morgan fingerprint density at radius 2 is 1.91 bits per heavy atom. The van der Waals surface area contributed by atoms with E-state index in [0.717, 1.165) is 6.07 Å². The predicted octanol–water partition coefficient (Wildman–Crippen LogP) is 2.82. The minimum absolute atomic E-state index is 0.0819. The van der Waals surface area contributed by atoms with Crippen molar-refractivity contribution in [2.45, 2.75) is 19.5 Å². The van der Waals surface area contributed by atoms with Crippen LogP contribution in [0.2, 0.25) is 0 Å². The number of carbonyl (C=O) groups is 2. The molecular weight excluding hydrogens is 301 g/mol. The number of nitrogens with zero attached hydrogens (tertiary/aromatic N) is 1. The molecule has 1 N–H and O–H groups in total. The number of esters is 1. The summed E-state index contributed by atoms with van der Waals surface area (Å²) in [5, 5.41) is 1.71. The Balaban J connectivity index is 3.09. The average Bonchev–Trinajstić information content (AvgIpc) is 2.43. The molecule has 0 spiro atoms. The van der Waals surface area contributed by atoms with Crippen LogP contribution in [-0.4, -0.2) is 38.8 Å². The van der Waals surface area contributed by atoms with Crippen molar-refractivity contribution in [3.63, 3.8) is 0 Å². The molecule has 0 aliphatic rings. The second kappa shape index (κ2) is 7.15. The van der Waals surface area contributed by atoms with E-state index < -0.39 is 18.1 Å². The molecule has 0 saturated heterocycles. The van der Waals surface area contributed by atoms with Gasteiger partial charge in [-0.2, -0.15) is 13.2 Å². The van der Waals surface area contributed by atoms with E-state index >= 15 is 0 Å². The van der Waals surface area contributed by atoms with Crippen molar-refractivity contribution < 1.29 is 27.5 Å². The molecule has 22 heavy (non-hydrogen) atoms. The summed E-state index contributed by atoms with van der Waals surface area (Å²) in [6.45, 7) is 2.02. The van der Waals surface area contributed by atoms with Gasteiger partial charge in [0.15, 0.2) is 0 Å². The zero-order chi connectivity index (χ0) is 16.9. The third kappa shape index (κ3) is 4.64. The fraction of sp³-hybridized carbons (Fsp3) is 0.429. The maximum Gasteiger partial charge on any atom is 0.471 e. The molecule has 0 heterocycles. The predicted molar refractivity (Wildman–Crippen MR) is 76.0 cm³/mol. The maximum absolute atomic E-state index is 12.3. The first-order chi connectivity index (χ1) is 10.2. The lowest BCUT2D eigenvalue weighted by atomic mass is 10.1. The monoisotopic (exact) mass is 318 g/mol. The van der Waals surface area contributed by atoms with Gasteiger partial charge in [-0.3, -0.25) is 4.79 Å². The van der Waals surface area contributed by atoms with Gasteiger partial charge in [-0.1, -0.05) is 6.92 Å². The highest BCUT2D eigenvalue weighted by Crippen LogP contribution is 2.25. The van der Waals surface area contributed by atoms with Gasteiger partial charge in [0.1, 0.15) is 0 Å². The third-order valence-corrected chi connectivity index (χ3v) is 2.65. The molecule has 1 amide bonds. The summed E-state index contributed by atoms with van der Waals surface area (Å²) in [5.74, 6) is -2.76. The van der Waals surface area contributed by atoms with Gasteiger partial charge < -0.3 is 15.0 Å². The van der Waals surface area contributed by atoms with Crippen molar-refractivity contribution in [1.82, 2.24) is 0 Å². The molecule has 8 heteroatoms. The van der Waals surface area contributed by atoms with Crippen LogP contribution in [0.5, 0.6) is 0 Å². The van der Waals surface area contributed by atoms with Crippen LogP contribution in [0.4, 0.5) is 24.5 Å². The van der Waals surface area contributed by atoms with Crippen LogP contribution < -0.4 is 10.2 Å². The van der Waals surface area contributed by atoms with Crippen LogP contribution in [0.15, 0.2) is 18.2 Å². The van der Waals surface area contributed by atoms with Gasteiger partial charge in [0.25, 0.3) is 0 Å². The Kier molecular flexibility index (Phi) is 5.78. The van der Waals surface area contributed by atoms with Crippen molar-refractivity contribution in [3.05, 3.63) is 23.8 Å². The molecule has 122 valence electrons. The summed E-state index contributed by atoms with van der Waals surface area (Å²) < 4.78 is 41.8. The summed E-state index contributed by atoms with van der Waals surface area (Å²) in [6.07, 6.45) is -4.38. The summed E-state index contributed by atoms with van der Waals surface area (Å²) >= 11 is 0. The van der Waals surface area contributed by atoms with Crippen LogP contribution in [0.25, 0.3) is 0 Å². The molecule has 0 atom stereocenters. The Hall–Kier alpha value is -2.25. The number of benzene rings is 1. The highest BCUT2D eigenvalue weighted by Gasteiger charge is 2.38. The van der Waals surface area contributed by atoms with Crippen LogP contribution in [0, 0.1) is 0 Å². The number of nitrogens with one attached hydrogen (secondary N) is 1. The van der Waals surface area contributed by atoms with Gasteiger partial charge in [-0.15, -0.1) is 0 Å². The number of hydrogen-bond donors (Lipinski definition) is 1. The van der Waals surface area contributed by atoms with E-state index in [2.05, 4.69) is 0 Å². The van der Waals surface area contributed by atoms with E-state index in [0.29, 0.717) is 12.1 Å². The Bertz CT molecular complexity index is 557. The van der Waals surface area contributed by atoms with Gasteiger partial charge >= 0.3 is 18.1 Å². The van der Waals surface area contributed by atoms with Crippen molar-refractivity contribution >= 4 is 23.3 Å². The van der Waals surface area contributed by atoms with E-state index in [1.807, 2.05) is 6.92 Å². The largest absolute Gasteiger partial charge is 0.471 e. The first-order valence-corrected chi connectivity index (χ1v) is 6.53. The maximum atomic E-state index is 12.3. The van der Waals surface area contributed by atoms with Gasteiger partial charge in [0.2, 0.25) is 0 Å². The standard InChI is InChI=1S/C14H17F3N2O3/c1-4-7-22-12(20)10-8-9(5-6-11(10)19(2)3)18-13(21)14(15,16)17/h5-6,8H,4,7H2,1-3H3,(H,18,21). The highest BCUT2D eigenvalue weighted by molar-refractivity contribution is 6.00. The molecular formula is C14H17F3N2O3. The van der Waals surface area contributed by atoms with E-state index in [-0.39, 0.29) is 17.9 Å². The van der Waals surface area contributed by atoms with Crippen molar-refractivity contribution in [2.75, 3.05) is 30.9 Å². The summed E-state index contributed by atoms with van der Waals surface area (Å²) in [4.78, 5) is 24.5. The Labute approximate surface area is 126 Å². The fourth-order valence-electron chi connectivity index (χ4n) is 1.64. The summed E-state index contributed by atoms with van der Waals surface area (Å²) in [5.41, 5.74) is 0.431. The average molecular weight is 318 g/mol. The Morgan fingerprint density at radius 3 is 2.41 bits per heavy atom. The number of anilines is 2. The van der Waals surface area contributed by atoms with Crippen molar-refractivity contribution in [2.24, 2.45) is 0 Å². The highest BCUT2D eigenvalue weighted by atomic mass is 19.4. The number of amides is 1. The molecule has 0 fully saturated rings. The summed E-state index contributed by atoms with van der Waals surface area (Å²) in [6, 6.07) is 3.89. The van der Waals surface area contributed by atoms with E-state index in [1.54, 1.807) is 24.3 Å². The third-order valence-electron chi connectivity index (χ3n) is 2.65. The quantitative estimate of drug-likeness (QED) is 0.848. The van der Waals surface area contributed by atoms with Gasteiger partial charge in [-0.05, 0) is 24.6 Å². The summed E-state index contributed by atoms with van der Waals surface area (Å²) in [7, 11) is 3.36. The lowest BCUT2D eigenvalue weighted by Gasteiger charge is -2.18. The number of rotatable bonds is 5. The molecule has 5 nitrogen and oxygen atoms in total. The number of ether oxygens (including phenoxy) is 1. The van der Waals surface area contributed by atoms with Gasteiger partial charge in [-0.25, -0.2) is 4.79 Å². The SMILES string of the molecule is CCCOC(=O)c1cc(NC(=O)C(F)(F)F)ccc1N(C)C. The topological polar surface area (TPSA) is 58.6 Å². The lowest BCUT2D eigenvalue weighted by molar-refractivity contribution is -0.167. The molecule has 0 radical (unpaired) electrons. The zero-order valence-corrected chi connectivity index (χ0v) is 12.5. The number of halogens is 3. The van der Waals surface area contributed by atoms with Crippen molar-refractivity contribution in [1.29, 1.82) is 0 Å². The van der Waals surface area contributed by atoms with Crippen LogP contribution in [0.3, 0.4) is 0 Å². The van der Waals surface area contributed by atoms with Gasteiger partial charge in [0, 0.05) is 19.8 Å². The minimum atomic E-state index is -5.00. The first kappa shape index (κ1) is 17.8. The van der Waals surface area contributed by atoms with Crippen LogP contribution >= 0.6 is 0 Å². The van der Waals surface area contributed by atoms with Crippen molar-refractivity contribution in [3.8, 4) is 0 Å². The lowest BCUT2D eigenvalue weighted by Crippen LogP contribution is -2.30. The molecule has 0 unspecified atom stereocenters. The molecule has 1 aromatic rings. The minimum Gasteiger partial charge on any atom is -0.462 e. The number of alkyl halides is 3. The normalized spacial score (nSPS) is 11.0. The zero-order valence-electron chi connectivity index (χ0n) is 12.5. The molecule has 1 rings (SSSR count). The van der Waals surface area contributed by atoms with Gasteiger partial charge in [0.05, 0.1) is 17.9 Å². The molecule has 0 aliphatic carbocycles. The molecule has 1 aromatic carbocycles. The van der Waals surface area contributed by atoms with E-state index in [9.17, 15) is 22.8 Å².